The first kappa shape index (κ1) is 25.9. The highest BCUT2D eigenvalue weighted by atomic mass is 15.1. The Morgan fingerprint density at radius 1 is 0.340 bits per heavy atom. The average molecular weight is 601 g/mol. The molecule has 4 heteroatoms. The highest BCUT2D eigenvalue weighted by Crippen LogP contribution is 2.42. The summed E-state index contributed by atoms with van der Waals surface area (Å²) in [5, 5.41) is 4.95. The van der Waals surface area contributed by atoms with E-state index in [4.69, 9.17) is 4.98 Å². The molecule has 0 N–H and O–H groups in total. The topological polar surface area (TPSA) is 27.7 Å². The van der Waals surface area contributed by atoms with Gasteiger partial charge in [-0.05, 0) is 60.7 Å². The lowest BCUT2D eigenvalue weighted by Gasteiger charge is -2.14. The van der Waals surface area contributed by atoms with Crippen molar-refractivity contribution in [3.05, 3.63) is 170 Å². The lowest BCUT2D eigenvalue weighted by molar-refractivity contribution is 1.10. The van der Waals surface area contributed by atoms with Crippen molar-refractivity contribution in [3.8, 4) is 28.5 Å². The van der Waals surface area contributed by atoms with Gasteiger partial charge in [-0.15, -0.1) is 0 Å². The number of hydrogen-bond acceptors (Lipinski definition) is 1. The molecule has 0 fully saturated rings. The van der Waals surface area contributed by atoms with Crippen LogP contribution in [0.4, 0.5) is 0 Å². The first-order valence-electron chi connectivity index (χ1n) is 16.0. The zero-order valence-electron chi connectivity index (χ0n) is 25.5. The normalized spacial score (nSPS) is 11.8. The Morgan fingerprint density at radius 2 is 0.830 bits per heavy atom. The second-order valence-corrected chi connectivity index (χ2v) is 12.0. The molecule has 0 spiro atoms. The third kappa shape index (κ3) is 3.79. The minimum absolute atomic E-state index is 0.920. The second-order valence-electron chi connectivity index (χ2n) is 12.0. The quantitative estimate of drug-likeness (QED) is 0.197. The number of nitrogens with zero attached hydrogens (tertiary/aromatic N) is 4. The minimum atomic E-state index is 0.920. The van der Waals surface area contributed by atoms with E-state index in [0.29, 0.717) is 0 Å². The molecule has 4 nitrogen and oxygen atoms in total. The molecule has 3 heterocycles. The number of para-hydroxylation sites is 6. The summed E-state index contributed by atoms with van der Waals surface area (Å²) >= 11 is 0. The second kappa shape index (κ2) is 10.1. The predicted molar refractivity (Wildman–Crippen MR) is 195 cm³/mol. The summed E-state index contributed by atoms with van der Waals surface area (Å²) in [7, 11) is 0. The van der Waals surface area contributed by atoms with Crippen molar-refractivity contribution in [3.63, 3.8) is 0 Å². The molecule has 10 rings (SSSR count). The van der Waals surface area contributed by atoms with Crippen LogP contribution in [0, 0.1) is 0 Å². The largest absolute Gasteiger partial charge is 0.307 e. The van der Waals surface area contributed by atoms with Gasteiger partial charge >= 0.3 is 0 Å². The molecule has 47 heavy (non-hydrogen) atoms. The van der Waals surface area contributed by atoms with Crippen LogP contribution in [0.1, 0.15) is 0 Å². The third-order valence-electron chi connectivity index (χ3n) is 9.42. The van der Waals surface area contributed by atoms with Crippen molar-refractivity contribution in [2.45, 2.75) is 0 Å². The van der Waals surface area contributed by atoms with E-state index in [1.54, 1.807) is 0 Å². The Morgan fingerprint density at radius 3 is 1.47 bits per heavy atom. The molecular formula is C43H28N4. The van der Waals surface area contributed by atoms with E-state index in [2.05, 4.69) is 184 Å². The maximum absolute atomic E-state index is 5.19. The van der Waals surface area contributed by atoms with Gasteiger partial charge in [-0.1, -0.05) is 109 Å². The number of rotatable bonds is 4. The molecule has 0 atom stereocenters. The Balaban J connectivity index is 1.32. The lowest BCUT2D eigenvalue weighted by Crippen LogP contribution is -2.00. The van der Waals surface area contributed by atoms with E-state index in [-0.39, 0.29) is 0 Å². The van der Waals surface area contributed by atoms with Gasteiger partial charge in [0.15, 0.2) is 0 Å². The Hall–Kier alpha value is -6.39. The zero-order valence-corrected chi connectivity index (χ0v) is 25.5. The van der Waals surface area contributed by atoms with Gasteiger partial charge in [0, 0.05) is 44.2 Å². The summed E-state index contributed by atoms with van der Waals surface area (Å²) < 4.78 is 7.15. The van der Waals surface area contributed by atoms with Crippen molar-refractivity contribution >= 4 is 54.6 Å². The van der Waals surface area contributed by atoms with Gasteiger partial charge in [-0.25, -0.2) is 4.98 Å². The van der Waals surface area contributed by atoms with Gasteiger partial charge in [0.2, 0.25) is 0 Å². The standard InChI is InChI=1S/C43H28N4/c1-3-15-30(16-4-1)45-38-23-10-7-20-33(38)35-26-27-36-34-21-8-11-24-39(34)46(42(36)41(35)45)32-19-13-14-29(28-32)43-44-37-22-9-12-25-40(37)47(43)31-17-5-2-6-18-31/h1-28H. The molecule has 0 saturated heterocycles. The zero-order chi connectivity index (χ0) is 30.9. The fraction of sp³-hybridized carbons (Fsp3) is 0. The number of fused-ring (bicyclic) bond motifs is 8. The summed E-state index contributed by atoms with van der Waals surface area (Å²) in [5.74, 6) is 0.920. The highest BCUT2D eigenvalue weighted by molar-refractivity contribution is 6.23. The molecule has 0 amide bonds. The average Bonchev–Trinajstić information content (AvgIpc) is 3.81. The van der Waals surface area contributed by atoms with E-state index in [1.807, 2.05) is 0 Å². The highest BCUT2D eigenvalue weighted by Gasteiger charge is 2.22. The molecule has 10 aromatic rings. The number of benzene rings is 7. The van der Waals surface area contributed by atoms with E-state index in [0.717, 1.165) is 39.5 Å². The van der Waals surface area contributed by atoms with Crippen LogP contribution in [0.2, 0.25) is 0 Å². The van der Waals surface area contributed by atoms with Crippen molar-refractivity contribution in [2.24, 2.45) is 0 Å². The van der Waals surface area contributed by atoms with Crippen LogP contribution in [0.15, 0.2) is 170 Å². The van der Waals surface area contributed by atoms with Crippen LogP contribution in [-0.2, 0) is 0 Å². The fourth-order valence-electron chi connectivity index (χ4n) is 7.46. The first-order valence-corrected chi connectivity index (χ1v) is 16.0. The molecule has 0 aliphatic heterocycles. The first-order chi connectivity index (χ1) is 23.3. The maximum atomic E-state index is 5.19. The van der Waals surface area contributed by atoms with Crippen LogP contribution in [0.5, 0.6) is 0 Å². The molecule has 0 bridgehead atoms. The van der Waals surface area contributed by atoms with Gasteiger partial charge in [-0.2, -0.15) is 0 Å². The van der Waals surface area contributed by atoms with Crippen molar-refractivity contribution in [1.29, 1.82) is 0 Å². The Labute approximate surface area is 271 Å². The predicted octanol–water partition coefficient (Wildman–Crippen LogP) is 10.9. The molecule has 0 radical (unpaired) electrons. The number of hydrogen-bond donors (Lipinski definition) is 0. The Bertz CT molecular complexity index is 2780. The Kier molecular flexibility index (Phi) is 5.54. The number of aromatic nitrogens is 4. The summed E-state index contributed by atoms with van der Waals surface area (Å²) in [5.41, 5.74) is 11.2. The van der Waals surface area contributed by atoms with Crippen molar-refractivity contribution in [2.75, 3.05) is 0 Å². The minimum Gasteiger partial charge on any atom is -0.307 e. The lowest BCUT2D eigenvalue weighted by atomic mass is 10.1. The monoisotopic (exact) mass is 600 g/mol. The third-order valence-corrected chi connectivity index (χ3v) is 9.42. The van der Waals surface area contributed by atoms with Crippen LogP contribution in [0.25, 0.3) is 83.1 Å². The smallest absolute Gasteiger partial charge is 0.145 e. The van der Waals surface area contributed by atoms with E-state index in [1.165, 1.54) is 43.6 Å². The molecule has 220 valence electrons. The molecule has 3 aromatic heterocycles. The van der Waals surface area contributed by atoms with E-state index >= 15 is 0 Å². The summed E-state index contributed by atoms with van der Waals surface area (Å²) in [4.78, 5) is 5.19. The van der Waals surface area contributed by atoms with Crippen molar-refractivity contribution < 1.29 is 0 Å². The van der Waals surface area contributed by atoms with E-state index < -0.39 is 0 Å². The van der Waals surface area contributed by atoms with Crippen LogP contribution in [-0.4, -0.2) is 18.7 Å². The summed E-state index contributed by atoms with van der Waals surface area (Å²) in [6.07, 6.45) is 0. The molecular weight excluding hydrogens is 573 g/mol. The van der Waals surface area contributed by atoms with Crippen LogP contribution in [0.3, 0.4) is 0 Å². The van der Waals surface area contributed by atoms with Gasteiger partial charge in [0.1, 0.15) is 5.82 Å². The summed E-state index contributed by atoms with van der Waals surface area (Å²) in [6.45, 7) is 0. The fourth-order valence-corrected chi connectivity index (χ4v) is 7.46. The van der Waals surface area contributed by atoms with Crippen LogP contribution < -0.4 is 0 Å². The number of imidazole rings is 1. The van der Waals surface area contributed by atoms with Crippen LogP contribution >= 0.6 is 0 Å². The van der Waals surface area contributed by atoms with Gasteiger partial charge in [-0.3, -0.25) is 4.57 Å². The van der Waals surface area contributed by atoms with E-state index in [9.17, 15) is 0 Å². The molecule has 0 unspecified atom stereocenters. The van der Waals surface area contributed by atoms with Gasteiger partial charge in [0.25, 0.3) is 0 Å². The molecule has 0 aliphatic carbocycles. The molecule has 0 saturated carbocycles. The molecule has 0 aliphatic rings. The summed E-state index contributed by atoms with van der Waals surface area (Å²) in [6, 6.07) is 60.6. The maximum Gasteiger partial charge on any atom is 0.145 e. The van der Waals surface area contributed by atoms with Crippen molar-refractivity contribution in [1.82, 2.24) is 18.7 Å². The van der Waals surface area contributed by atoms with Gasteiger partial charge in [0.05, 0.1) is 33.1 Å². The SMILES string of the molecule is c1ccc(-n2c(-c3cccc(-n4c5ccccc5c5ccc6c7ccccc7n(-c7ccccc7)c6c54)c3)nc3ccccc32)cc1. The van der Waals surface area contributed by atoms with Gasteiger partial charge < -0.3 is 9.13 Å². The molecule has 7 aromatic carbocycles.